The molecule has 0 aromatic carbocycles. The summed E-state index contributed by atoms with van der Waals surface area (Å²) in [4.78, 5) is 3.84. The predicted molar refractivity (Wildman–Crippen MR) is 55.7 cm³/mol. The summed E-state index contributed by atoms with van der Waals surface area (Å²) in [5, 5.41) is 7.75. The van der Waals surface area contributed by atoms with Gasteiger partial charge in [-0.3, -0.25) is 5.41 Å². The first-order chi connectivity index (χ1) is 7.82. The molecule has 0 saturated carbocycles. The Morgan fingerprint density at radius 1 is 1.59 bits per heavy atom. The molecular weight excluding hydrogens is 233 g/mol. The normalized spacial score (nSPS) is 23.5. The molecule has 0 amide bonds. The van der Waals surface area contributed by atoms with Crippen molar-refractivity contribution in [2.75, 3.05) is 0 Å². The van der Waals surface area contributed by atoms with Gasteiger partial charge in [-0.15, -0.1) is 0 Å². The van der Waals surface area contributed by atoms with Gasteiger partial charge < -0.3 is 10.3 Å². The zero-order chi connectivity index (χ0) is 12.8. The minimum absolute atomic E-state index is 0.0908. The van der Waals surface area contributed by atoms with Crippen LogP contribution in [0.3, 0.4) is 0 Å². The van der Waals surface area contributed by atoms with E-state index in [1.807, 2.05) is 0 Å². The summed E-state index contributed by atoms with van der Waals surface area (Å²) >= 11 is 0. The number of imidazole rings is 1. The first-order valence-electron chi connectivity index (χ1n) is 4.99. The summed E-state index contributed by atoms with van der Waals surface area (Å²) in [6.07, 6.45) is -1.62. The minimum Gasteiger partial charge on any atom is -0.394 e. The maximum absolute atomic E-state index is 12.5. The van der Waals surface area contributed by atoms with Gasteiger partial charge in [-0.25, -0.2) is 4.98 Å². The van der Waals surface area contributed by atoms with E-state index in [2.05, 4.69) is 4.98 Å². The number of hydrogen-bond acceptors (Lipinski definition) is 3. The summed E-state index contributed by atoms with van der Waals surface area (Å²) in [5.41, 5.74) is 3.92. The average Bonchev–Trinajstić information content (AvgIpc) is 2.70. The van der Waals surface area contributed by atoms with Gasteiger partial charge in [0, 0.05) is 11.6 Å². The van der Waals surface area contributed by atoms with E-state index in [1.54, 1.807) is 11.5 Å². The molecular formula is C10H11F3N4. The van der Waals surface area contributed by atoms with Gasteiger partial charge in [0.05, 0.1) is 23.9 Å². The van der Waals surface area contributed by atoms with Crippen molar-refractivity contribution in [3.63, 3.8) is 0 Å². The summed E-state index contributed by atoms with van der Waals surface area (Å²) in [5.74, 6) is 0. The molecule has 1 aliphatic heterocycles. The molecule has 1 aliphatic rings. The fourth-order valence-electron chi connectivity index (χ4n) is 1.92. The number of nitrogens with one attached hydrogen (secondary N) is 1. The molecule has 3 N–H and O–H groups in total. The Morgan fingerprint density at radius 3 is 2.82 bits per heavy atom. The molecule has 7 heteroatoms. The molecule has 1 aromatic heterocycles. The number of fused-ring (bicyclic) bond motifs is 1. The van der Waals surface area contributed by atoms with E-state index in [4.69, 9.17) is 11.1 Å². The molecule has 2 rings (SSSR count). The van der Waals surface area contributed by atoms with Gasteiger partial charge in [0.1, 0.15) is 5.70 Å². The highest BCUT2D eigenvalue weighted by Crippen LogP contribution is 2.33. The molecule has 92 valence electrons. The van der Waals surface area contributed by atoms with Crippen molar-refractivity contribution in [2.24, 2.45) is 5.73 Å². The van der Waals surface area contributed by atoms with E-state index in [-0.39, 0.29) is 23.7 Å². The topological polar surface area (TPSA) is 67.7 Å². The van der Waals surface area contributed by atoms with Crippen LogP contribution in [0.25, 0.3) is 0 Å². The van der Waals surface area contributed by atoms with Crippen LogP contribution >= 0.6 is 0 Å². The van der Waals surface area contributed by atoms with Gasteiger partial charge in [-0.1, -0.05) is 0 Å². The van der Waals surface area contributed by atoms with Crippen LogP contribution in [0.5, 0.6) is 0 Å². The van der Waals surface area contributed by atoms with Crippen molar-refractivity contribution >= 4 is 5.71 Å². The lowest BCUT2D eigenvalue weighted by Crippen LogP contribution is -2.30. The second-order valence-corrected chi connectivity index (χ2v) is 4.00. The fourth-order valence-corrected chi connectivity index (χ4v) is 1.92. The SMILES string of the molecule is CC1CC(=C(N)C(F)(F)F)C(=N)c2cncn21. The Hall–Kier alpha value is -1.79. The summed E-state index contributed by atoms with van der Waals surface area (Å²) in [6.45, 7) is 1.77. The number of alkyl halides is 3. The summed E-state index contributed by atoms with van der Waals surface area (Å²) in [6, 6.07) is -0.183. The zero-order valence-corrected chi connectivity index (χ0v) is 9.04. The van der Waals surface area contributed by atoms with E-state index in [0.717, 1.165) is 0 Å². The molecule has 0 aliphatic carbocycles. The molecule has 0 fully saturated rings. The van der Waals surface area contributed by atoms with E-state index in [1.165, 1.54) is 12.5 Å². The molecule has 1 atom stereocenters. The van der Waals surface area contributed by atoms with Crippen LogP contribution in [0.4, 0.5) is 13.2 Å². The van der Waals surface area contributed by atoms with Crippen LogP contribution in [0, 0.1) is 5.41 Å². The van der Waals surface area contributed by atoms with Gasteiger partial charge in [0.2, 0.25) is 0 Å². The van der Waals surface area contributed by atoms with Crippen LogP contribution in [0.1, 0.15) is 25.1 Å². The second-order valence-electron chi connectivity index (χ2n) is 4.00. The third-order valence-corrected chi connectivity index (χ3v) is 2.83. The third kappa shape index (κ3) is 1.81. The molecule has 17 heavy (non-hydrogen) atoms. The van der Waals surface area contributed by atoms with E-state index < -0.39 is 11.9 Å². The molecule has 2 heterocycles. The lowest BCUT2D eigenvalue weighted by atomic mass is 9.94. The van der Waals surface area contributed by atoms with Crippen molar-refractivity contribution in [1.82, 2.24) is 9.55 Å². The van der Waals surface area contributed by atoms with Crippen molar-refractivity contribution < 1.29 is 13.2 Å². The number of aromatic nitrogens is 2. The number of nitrogens with two attached hydrogens (primary N) is 1. The Balaban J connectivity index is 2.53. The first kappa shape index (κ1) is 11.7. The van der Waals surface area contributed by atoms with Gasteiger partial charge in [-0.05, 0) is 13.3 Å². The number of nitrogens with zero attached hydrogens (tertiary/aromatic N) is 2. The molecule has 0 saturated heterocycles. The average molecular weight is 244 g/mol. The minimum atomic E-state index is -4.59. The van der Waals surface area contributed by atoms with Gasteiger partial charge in [0.15, 0.2) is 0 Å². The highest BCUT2D eigenvalue weighted by Gasteiger charge is 2.37. The van der Waals surface area contributed by atoms with E-state index in [0.29, 0.717) is 5.69 Å². The molecule has 1 unspecified atom stereocenters. The highest BCUT2D eigenvalue weighted by atomic mass is 19.4. The fraction of sp³-hybridized carbons (Fsp3) is 0.400. The van der Waals surface area contributed by atoms with Gasteiger partial charge in [0.25, 0.3) is 0 Å². The van der Waals surface area contributed by atoms with Crippen molar-refractivity contribution in [3.8, 4) is 0 Å². The van der Waals surface area contributed by atoms with Crippen LogP contribution in [-0.4, -0.2) is 21.4 Å². The Kier molecular flexibility index (Phi) is 2.48. The van der Waals surface area contributed by atoms with Crippen LogP contribution in [0.2, 0.25) is 0 Å². The molecule has 0 radical (unpaired) electrons. The first-order valence-corrected chi connectivity index (χ1v) is 4.99. The predicted octanol–water partition coefficient (Wildman–Crippen LogP) is 1.99. The number of hydrogen-bond donors (Lipinski definition) is 2. The van der Waals surface area contributed by atoms with Crippen LogP contribution < -0.4 is 5.73 Å². The lowest BCUT2D eigenvalue weighted by molar-refractivity contribution is -0.0933. The van der Waals surface area contributed by atoms with Crippen molar-refractivity contribution in [3.05, 3.63) is 29.5 Å². The number of rotatable bonds is 0. The van der Waals surface area contributed by atoms with Crippen LogP contribution in [-0.2, 0) is 0 Å². The Bertz CT molecular complexity index is 498. The van der Waals surface area contributed by atoms with Crippen molar-refractivity contribution in [1.29, 1.82) is 5.41 Å². The number of allylic oxidation sites excluding steroid dienone is 2. The molecule has 4 nitrogen and oxygen atoms in total. The summed E-state index contributed by atoms with van der Waals surface area (Å²) in [7, 11) is 0. The van der Waals surface area contributed by atoms with Crippen molar-refractivity contribution in [2.45, 2.75) is 25.6 Å². The van der Waals surface area contributed by atoms with E-state index >= 15 is 0 Å². The Labute approximate surface area is 95.5 Å². The van der Waals surface area contributed by atoms with Crippen LogP contribution in [0.15, 0.2) is 23.8 Å². The number of halogens is 3. The highest BCUT2D eigenvalue weighted by molar-refractivity contribution is 6.10. The monoisotopic (exact) mass is 244 g/mol. The van der Waals surface area contributed by atoms with Gasteiger partial charge >= 0.3 is 6.18 Å². The smallest absolute Gasteiger partial charge is 0.394 e. The molecule has 0 bridgehead atoms. The molecule has 1 aromatic rings. The third-order valence-electron chi connectivity index (χ3n) is 2.83. The lowest BCUT2D eigenvalue weighted by Gasteiger charge is -2.26. The molecule has 0 spiro atoms. The second kappa shape index (κ2) is 3.61. The van der Waals surface area contributed by atoms with Gasteiger partial charge in [-0.2, -0.15) is 13.2 Å². The largest absolute Gasteiger partial charge is 0.431 e. The standard InChI is InChI=1S/C10H11F3N4/c1-5-2-6(9(15)10(11,12)13)8(14)7-3-16-4-17(5)7/h3-5,14H,2,15H2,1H3. The maximum atomic E-state index is 12.5. The summed E-state index contributed by atoms with van der Waals surface area (Å²) < 4.78 is 39.3. The zero-order valence-electron chi connectivity index (χ0n) is 9.04. The maximum Gasteiger partial charge on any atom is 0.431 e. The van der Waals surface area contributed by atoms with E-state index in [9.17, 15) is 13.2 Å². The Morgan fingerprint density at radius 2 is 2.24 bits per heavy atom. The quantitative estimate of drug-likeness (QED) is 0.732.